The van der Waals surface area contributed by atoms with Crippen LogP contribution in [0.2, 0.25) is 0 Å². The Morgan fingerprint density at radius 2 is 2.00 bits per heavy atom. The van der Waals surface area contributed by atoms with Crippen molar-refractivity contribution in [3.8, 4) is 5.75 Å². The van der Waals surface area contributed by atoms with Crippen LogP contribution in [-0.4, -0.2) is 11.0 Å². The molecule has 0 spiro atoms. The quantitative estimate of drug-likeness (QED) is 0.850. The molecule has 0 atom stereocenters. The smallest absolute Gasteiger partial charge is 0.261 e. The molecule has 0 unspecified atom stereocenters. The standard InChI is InChI=1S/C17H19NO2S/c19-14-8-5-4-7-13(14)11-18-17(20)16-10-12-6-2-1-3-9-15(12)21-16/h4-5,7-8,10,19H,1-3,6,9,11H2,(H,18,20). The minimum Gasteiger partial charge on any atom is -0.508 e. The molecule has 3 nitrogen and oxygen atoms in total. The SMILES string of the molecule is O=C(NCc1ccccc1O)c1cc2c(s1)CCCCC2. The Hall–Kier alpha value is -1.81. The van der Waals surface area contributed by atoms with Crippen LogP contribution in [0.3, 0.4) is 0 Å². The minimum absolute atomic E-state index is 0.0451. The average molecular weight is 301 g/mol. The topological polar surface area (TPSA) is 49.3 Å². The second kappa shape index (κ2) is 6.31. The number of para-hydroxylation sites is 1. The lowest BCUT2D eigenvalue weighted by Crippen LogP contribution is -2.21. The van der Waals surface area contributed by atoms with Gasteiger partial charge >= 0.3 is 0 Å². The number of aromatic hydroxyl groups is 1. The highest BCUT2D eigenvalue weighted by Gasteiger charge is 2.16. The molecule has 1 heterocycles. The number of phenolic OH excluding ortho intramolecular Hbond substituents is 1. The van der Waals surface area contributed by atoms with Crippen LogP contribution in [0.1, 0.15) is 44.9 Å². The number of amides is 1. The monoisotopic (exact) mass is 301 g/mol. The molecule has 0 saturated heterocycles. The lowest BCUT2D eigenvalue weighted by Gasteiger charge is -2.05. The van der Waals surface area contributed by atoms with Gasteiger partial charge in [-0.1, -0.05) is 24.6 Å². The number of phenols is 1. The minimum atomic E-state index is -0.0451. The zero-order valence-corrected chi connectivity index (χ0v) is 12.7. The number of carbonyl (C=O) groups is 1. The van der Waals surface area contributed by atoms with E-state index in [1.54, 1.807) is 23.5 Å². The van der Waals surface area contributed by atoms with Crippen molar-refractivity contribution in [2.24, 2.45) is 0 Å². The molecule has 0 fully saturated rings. The summed E-state index contributed by atoms with van der Waals surface area (Å²) in [4.78, 5) is 14.4. The number of hydrogen-bond donors (Lipinski definition) is 2. The fourth-order valence-electron chi connectivity index (χ4n) is 2.70. The summed E-state index contributed by atoms with van der Waals surface area (Å²) >= 11 is 1.62. The maximum atomic E-state index is 12.3. The van der Waals surface area contributed by atoms with Gasteiger partial charge in [0, 0.05) is 17.0 Å². The summed E-state index contributed by atoms with van der Waals surface area (Å²) in [5, 5.41) is 12.6. The van der Waals surface area contributed by atoms with Crippen molar-refractivity contribution in [3.05, 3.63) is 51.2 Å². The molecule has 110 valence electrons. The van der Waals surface area contributed by atoms with Gasteiger partial charge in [-0.15, -0.1) is 11.3 Å². The summed E-state index contributed by atoms with van der Waals surface area (Å²) in [6.07, 6.45) is 5.94. The number of benzene rings is 1. The molecule has 21 heavy (non-hydrogen) atoms. The predicted octanol–water partition coefficient (Wildman–Crippen LogP) is 3.65. The molecule has 1 amide bonds. The Morgan fingerprint density at radius 1 is 1.19 bits per heavy atom. The van der Waals surface area contributed by atoms with Crippen molar-refractivity contribution in [1.29, 1.82) is 0 Å². The molecule has 0 radical (unpaired) electrons. The maximum absolute atomic E-state index is 12.3. The van der Waals surface area contributed by atoms with Gasteiger partial charge in [0.05, 0.1) is 4.88 Å². The predicted molar refractivity (Wildman–Crippen MR) is 84.9 cm³/mol. The second-order valence-electron chi connectivity index (χ2n) is 5.43. The van der Waals surface area contributed by atoms with Gasteiger partial charge in [-0.25, -0.2) is 0 Å². The van der Waals surface area contributed by atoms with E-state index in [4.69, 9.17) is 0 Å². The number of thiophene rings is 1. The largest absolute Gasteiger partial charge is 0.508 e. The van der Waals surface area contributed by atoms with Crippen LogP contribution in [0.4, 0.5) is 0 Å². The van der Waals surface area contributed by atoms with Gasteiger partial charge in [0.1, 0.15) is 5.75 Å². The molecule has 0 aliphatic heterocycles. The Bertz CT molecular complexity index is 624. The highest BCUT2D eigenvalue weighted by molar-refractivity contribution is 7.14. The Morgan fingerprint density at radius 3 is 2.86 bits per heavy atom. The van der Waals surface area contributed by atoms with E-state index in [-0.39, 0.29) is 11.7 Å². The number of fused-ring (bicyclic) bond motifs is 1. The van der Waals surface area contributed by atoms with E-state index in [0.717, 1.165) is 23.3 Å². The van der Waals surface area contributed by atoms with Crippen molar-refractivity contribution in [1.82, 2.24) is 5.32 Å². The molecule has 3 rings (SSSR count). The summed E-state index contributed by atoms with van der Waals surface area (Å²) in [6.45, 7) is 0.355. The Balaban J connectivity index is 1.67. The highest BCUT2D eigenvalue weighted by Crippen LogP contribution is 2.29. The summed E-state index contributed by atoms with van der Waals surface area (Å²) in [7, 11) is 0. The summed E-state index contributed by atoms with van der Waals surface area (Å²) in [5.41, 5.74) is 2.09. The first-order chi connectivity index (χ1) is 10.2. The van der Waals surface area contributed by atoms with E-state index in [9.17, 15) is 9.90 Å². The Kier molecular flexibility index (Phi) is 4.25. The van der Waals surface area contributed by atoms with Crippen LogP contribution in [0.25, 0.3) is 0 Å². The van der Waals surface area contributed by atoms with Gasteiger partial charge in [-0.2, -0.15) is 0 Å². The van der Waals surface area contributed by atoms with Gasteiger partial charge < -0.3 is 10.4 Å². The second-order valence-corrected chi connectivity index (χ2v) is 6.57. The van der Waals surface area contributed by atoms with Crippen LogP contribution in [0.15, 0.2) is 30.3 Å². The molecule has 1 aliphatic rings. The normalized spacial score (nSPS) is 14.3. The molecule has 0 bridgehead atoms. The van der Waals surface area contributed by atoms with Gasteiger partial charge in [0.2, 0.25) is 0 Å². The molecular formula is C17H19NO2S. The third-order valence-electron chi connectivity index (χ3n) is 3.90. The lowest BCUT2D eigenvalue weighted by atomic mass is 10.1. The van der Waals surface area contributed by atoms with Gasteiger partial charge in [0.25, 0.3) is 5.91 Å². The van der Waals surface area contributed by atoms with Crippen LogP contribution >= 0.6 is 11.3 Å². The van der Waals surface area contributed by atoms with Crippen molar-refractivity contribution >= 4 is 17.2 Å². The first-order valence-corrected chi connectivity index (χ1v) is 8.22. The third-order valence-corrected chi connectivity index (χ3v) is 5.14. The van der Waals surface area contributed by atoms with Crippen LogP contribution in [0.5, 0.6) is 5.75 Å². The van der Waals surface area contributed by atoms with E-state index in [1.165, 1.54) is 29.7 Å². The Labute approximate surface area is 128 Å². The molecule has 2 aromatic rings. The molecule has 1 aromatic carbocycles. The van der Waals surface area contributed by atoms with Gasteiger partial charge in [0.15, 0.2) is 0 Å². The van der Waals surface area contributed by atoms with Gasteiger partial charge in [-0.05, 0) is 43.4 Å². The number of nitrogens with one attached hydrogen (secondary N) is 1. The van der Waals surface area contributed by atoms with Crippen LogP contribution < -0.4 is 5.32 Å². The first kappa shape index (κ1) is 14.1. The van der Waals surface area contributed by atoms with Crippen molar-refractivity contribution < 1.29 is 9.90 Å². The third kappa shape index (κ3) is 3.27. The van der Waals surface area contributed by atoms with Crippen LogP contribution in [0, 0.1) is 0 Å². The average Bonchev–Trinajstić information content (AvgIpc) is 2.77. The molecule has 1 aliphatic carbocycles. The maximum Gasteiger partial charge on any atom is 0.261 e. The molecular weight excluding hydrogens is 282 g/mol. The summed E-state index contributed by atoms with van der Waals surface area (Å²) in [6, 6.07) is 9.13. The van der Waals surface area contributed by atoms with E-state index in [1.807, 2.05) is 18.2 Å². The van der Waals surface area contributed by atoms with E-state index >= 15 is 0 Å². The van der Waals surface area contributed by atoms with Crippen molar-refractivity contribution in [2.75, 3.05) is 0 Å². The number of aryl methyl sites for hydroxylation is 2. The highest BCUT2D eigenvalue weighted by atomic mass is 32.1. The summed E-state index contributed by atoms with van der Waals surface area (Å²) in [5.74, 6) is 0.177. The number of rotatable bonds is 3. The fourth-order valence-corrected chi connectivity index (χ4v) is 3.87. The van der Waals surface area contributed by atoms with Gasteiger partial charge in [-0.3, -0.25) is 4.79 Å². The van der Waals surface area contributed by atoms with E-state index in [2.05, 4.69) is 5.32 Å². The molecule has 0 saturated carbocycles. The zero-order chi connectivity index (χ0) is 14.7. The van der Waals surface area contributed by atoms with Crippen LogP contribution in [-0.2, 0) is 19.4 Å². The molecule has 4 heteroatoms. The number of carbonyl (C=O) groups excluding carboxylic acids is 1. The molecule has 1 aromatic heterocycles. The number of hydrogen-bond acceptors (Lipinski definition) is 3. The zero-order valence-electron chi connectivity index (χ0n) is 11.9. The first-order valence-electron chi connectivity index (χ1n) is 7.40. The van der Waals surface area contributed by atoms with Crippen molar-refractivity contribution in [2.45, 2.75) is 38.6 Å². The summed E-state index contributed by atoms with van der Waals surface area (Å²) < 4.78 is 0. The lowest BCUT2D eigenvalue weighted by molar-refractivity contribution is 0.0954. The fraction of sp³-hybridized carbons (Fsp3) is 0.353. The van der Waals surface area contributed by atoms with E-state index < -0.39 is 0 Å². The van der Waals surface area contributed by atoms with E-state index in [0.29, 0.717) is 6.54 Å². The molecule has 2 N–H and O–H groups in total. The van der Waals surface area contributed by atoms with Crippen molar-refractivity contribution in [3.63, 3.8) is 0 Å².